The number of aryl methyl sites for hydroxylation is 1. The SMILES string of the molecule is O=C(O)C1(n2cnnc2CCC(F)(F)F)CC1. The van der Waals surface area contributed by atoms with E-state index < -0.39 is 24.1 Å². The van der Waals surface area contributed by atoms with Crippen molar-refractivity contribution in [1.82, 2.24) is 14.8 Å². The highest BCUT2D eigenvalue weighted by molar-refractivity contribution is 5.80. The predicted molar refractivity (Wildman–Crippen MR) is 49.2 cm³/mol. The van der Waals surface area contributed by atoms with E-state index in [0.29, 0.717) is 12.8 Å². The molecule has 0 spiro atoms. The first-order valence-corrected chi connectivity index (χ1v) is 5.05. The van der Waals surface area contributed by atoms with Gasteiger partial charge in [0.1, 0.15) is 17.7 Å². The number of alkyl halides is 3. The van der Waals surface area contributed by atoms with E-state index in [1.165, 1.54) is 10.9 Å². The van der Waals surface area contributed by atoms with Crippen LogP contribution in [0.5, 0.6) is 0 Å². The van der Waals surface area contributed by atoms with Crippen LogP contribution in [-0.4, -0.2) is 32.0 Å². The minimum atomic E-state index is -4.28. The number of rotatable bonds is 4. The van der Waals surface area contributed by atoms with Gasteiger partial charge in [-0.3, -0.25) is 0 Å². The average Bonchev–Trinajstić information content (AvgIpc) is 2.88. The molecule has 0 aliphatic heterocycles. The first kappa shape index (κ1) is 11.9. The molecule has 1 aromatic heterocycles. The Labute approximate surface area is 94.3 Å². The fourth-order valence-electron chi connectivity index (χ4n) is 1.72. The van der Waals surface area contributed by atoms with E-state index in [0.717, 1.165) is 0 Å². The van der Waals surface area contributed by atoms with Gasteiger partial charge in [0.15, 0.2) is 0 Å². The molecule has 1 saturated carbocycles. The molecule has 1 fully saturated rings. The van der Waals surface area contributed by atoms with Crippen LogP contribution in [0.4, 0.5) is 13.2 Å². The molecule has 1 aromatic rings. The van der Waals surface area contributed by atoms with Crippen molar-refractivity contribution in [1.29, 1.82) is 0 Å². The maximum Gasteiger partial charge on any atom is 0.389 e. The van der Waals surface area contributed by atoms with E-state index >= 15 is 0 Å². The Bertz CT molecular complexity index is 437. The van der Waals surface area contributed by atoms with Gasteiger partial charge in [-0.2, -0.15) is 13.2 Å². The summed E-state index contributed by atoms with van der Waals surface area (Å²) in [4.78, 5) is 11.0. The van der Waals surface area contributed by atoms with E-state index in [2.05, 4.69) is 10.2 Å². The molecule has 17 heavy (non-hydrogen) atoms. The summed E-state index contributed by atoms with van der Waals surface area (Å²) in [7, 11) is 0. The van der Waals surface area contributed by atoms with Gasteiger partial charge in [-0.1, -0.05) is 0 Å². The second kappa shape index (κ2) is 3.71. The Morgan fingerprint density at radius 1 is 1.53 bits per heavy atom. The zero-order valence-corrected chi connectivity index (χ0v) is 8.74. The number of hydrogen-bond acceptors (Lipinski definition) is 3. The van der Waals surface area contributed by atoms with Gasteiger partial charge in [0.25, 0.3) is 0 Å². The van der Waals surface area contributed by atoms with E-state index in [4.69, 9.17) is 5.11 Å². The molecule has 5 nitrogen and oxygen atoms in total. The predicted octanol–water partition coefficient (Wildman–Crippen LogP) is 1.35. The van der Waals surface area contributed by atoms with Gasteiger partial charge in [-0.25, -0.2) is 4.79 Å². The number of aliphatic carboxylic acids is 1. The summed E-state index contributed by atoms with van der Waals surface area (Å²) in [6.45, 7) is 0. The van der Waals surface area contributed by atoms with E-state index in [1.807, 2.05) is 0 Å². The maximum atomic E-state index is 12.1. The van der Waals surface area contributed by atoms with E-state index in [1.54, 1.807) is 0 Å². The molecule has 1 heterocycles. The molecule has 8 heteroatoms. The molecule has 1 aliphatic rings. The van der Waals surface area contributed by atoms with Crippen molar-refractivity contribution in [2.24, 2.45) is 0 Å². The second-order valence-electron chi connectivity index (χ2n) is 4.07. The van der Waals surface area contributed by atoms with Crippen molar-refractivity contribution >= 4 is 5.97 Å². The maximum absolute atomic E-state index is 12.1. The summed E-state index contributed by atoms with van der Waals surface area (Å²) in [6.07, 6.45) is -3.66. The molecule has 1 N–H and O–H groups in total. The first-order chi connectivity index (χ1) is 7.85. The molecule has 0 amide bonds. The Kier molecular flexibility index (Phi) is 2.59. The number of carboxylic acid groups (broad SMARTS) is 1. The molecular formula is C9H10F3N3O2. The summed E-state index contributed by atoms with van der Waals surface area (Å²) in [5, 5.41) is 16.1. The van der Waals surface area contributed by atoms with Gasteiger partial charge >= 0.3 is 12.1 Å². The van der Waals surface area contributed by atoms with Crippen LogP contribution >= 0.6 is 0 Å². The smallest absolute Gasteiger partial charge is 0.389 e. The molecule has 0 saturated heterocycles. The van der Waals surface area contributed by atoms with Crippen LogP contribution in [0.2, 0.25) is 0 Å². The van der Waals surface area contributed by atoms with Crippen LogP contribution in [0.15, 0.2) is 6.33 Å². The van der Waals surface area contributed by atoms with Crippen LogP contribution < -0.4 is 0 Å². The van der Waals surface area contributed by atoms with Crippen LogP contribution in [0.3, 0.4) is 0 Å². The first-order valence-electron chi connectivity index (χ1n) is 5.05. The third-order valence-electron chi connectivity index (χ3n) is 2.83. The molecule has 1 aliphatic carbocycles. The summed E-state index contributed by atoms with van der Waals surface area (Å²) in [5.41, 5.74) is -1.12. The highest BCUT2D eigenvalue weighted by Crippen LogP contribution is 2.44. The lowest BCUT2D eigenvalue weighted by molar-refractivity contribution is -0.142. The van der Waals surface area contributed by atoms with E-state index in [9.17, 15) is 18.0 Å². The summed E-state index contributed by atoms with van der Waals surface area (Å²) in [6, 6.07) is 0. The number of halogens is 3. The average molecular weight is 249 g/mol. The fourth-order valence-corrected chi connectivity index (χ4v) is 1.72. The summed E-state index contributed by atoms with van der Waals surface area (Å²) in [5.74, 6) is -0.979. The van der Waals surface area contributed by atoms with Crippen molar-refractivity contribution in [2.75, 3.05) is 0 Å². The summed E-state index contributed by atoms with van der Waals surface area (Å²) >= 11 is 0. The van der Waals surface area contributed by atoms with Crippen molar-refractivity contribution in [3.63, 3.8) is 0 Å². The Balaban J connectivity index is 2.16. The number of hydrogen-bond donors (Lipinski definition) is 1. The van der Waals surface area contributed by atoms with Crippen LogP contribution in [0.25, 0.3) is 0 Å². The van der Waals surface area contributed by atoms with Crippen LogP contribution in [-0.2, 0) is 16.8 Å². The molecule has 0 aromatic carbocycles. The zero-order valence-electron chi connectivity index (χ0n) is 8.74. The van der Waals surface area contributed by atoms with Gasteiger partial charge < -0.3 is 9.67 Å². The second-order valence-corrected chi connectivity index (χ2v) is 4.07. The molecule has 0 radical (unpaired) electrons. The minimum Gasteiger partial charge on any atom is -0.479 e. The quantitative estimate of drug-likeness (QED) is 0.874. The fraction of sp³-hybridized carbons (Fsp3) is 0.667. The normalized spacial score (nSPS) is 18.1. The van der Waals surface area contributed by atoms with E-state index in [-0.39, 0.29) is 12.2 Å². The zero-order chi connectivity index (χ0) is 12.7. The number of nitrogens with zero attached hydrogens (tertiary/aromatic N) is 3. The highest BCUT2D eigenvalue weighted by Gasteiger charge is 2.53. The molecule has 94 valence electrons. The van der Waals surface area contributed by atoms with Gasteiger partial charge in [0.05, 0.1) is 6.42 Å². The van der Waals surface area contributed by atoms with Crippen molar-refractivity contribution in [3.05, 3.63) is 12.2 Å². The van der Waals surface area contributed by atoms with Crippen LogP contribution in [0.1, 0.15) is 25.1 Å². The number of aromatic nitrogens is 3. The minimum absolute atomic E-state index is 0.0715. The third-order valence-corrected chi connectivity index (χ3v) is 2.83. The van der Waals surface area contributed by atoms with Crippen molar-refractivity contribution < 1.29 is 23.1 Å². The third kappa shape index (κ3) is 2.25. The Morgan fingerprint density at radius 3 is 2.65 bits per heavy atom. The Morgan fingerprint density at radius 2 is 2.18 bits per heavy atom. The van der Waals surface area contributed by atoms with Crippen LogP contribution in [0, 0.1) is 0 Å². The molecular weight excluding hydrogens is 239 g/mol. The Hall–Kier alpha value is -1.60. The van der Waals surface area contributed by atoms with Gasteiger partial charge in [-0.15, -0.1) is 10.2 Å². The molecule has 0 unspecified atom stereocenters. The van der Waals surface area contributed by atoms with Crippen molar-refractivity contribution in [3.8, 4) is 0 Å². The number of carbonyl (C=O) groups is 1. The largest absolute Gasteiger partial charge is 0.479 e. The number of carboxylic acids is 1. The lowest BCUT2D eigenvalue weighted by Crippen LogP contribution is -2.29. The lowest BCUT2D eigenvalue weighted by atomic mass is 10.2. The summed E-state index contributed by atoms with van der Waals surface area (Å²) < 4.78 is 37.5. The van der Waals surface area contributed by atoms with Gasteiger partial charge in [0, 0.05) is 6.42 Å². The van der Waals surface area contributed by atoms with Gasteiger partial charge in [0.2, 0.25) is 0 Å². The monoisotopic (exact) mass is 249 g/mol. The highest BCUT2D eigenvalue weighted by atomic mass is 19.4. The van der Waals surface area contributed by atoms with Crippen molar-refractivity contribution in [2.45, 2.75) is 37.4 Å². The molecule has 2 rings (SSSR count). The topological polar surface area (TPSA) is 68.0 Å². The van der Waals surface area contributed by atoms with Gasteiger partial charge in [-0.05, 0) is 12.8 Å². The standard InChI is InChI=1S/C9H10F3N3O2/c10-9(11,12)2-1-6-14-13-5-15(6)8(3-4-8)7(16)17/h5H,1-4H2,(H,16,17). The molecule has 0 atom stereocenters. The lowest BCUT2D eigenvalue weighted by Gasteiger charge is -2.14. The molecule has 0 bridgehead atoms.